The highest BCUT2D eigenvalue weighted by Crippen LogP contribution is 2.21. The van der Waals surface area contributed by atoms with Crippen LogP contribution in [0.1, 0.15) is 18.5 Å². The van der Waals surface area contributed by atoms with E-state index in [9.17, 15) is 0 Å². The first-order chi connectivity index (χ1) is 8.42. The molecular weight excluding hydrogens is 232 g/mol. The standard InChI is InChI=1S/C12H16N4S/c1-2-12(7-15-5-3-13-9-15)16(4-1)6-11-8-17-10-14-11/h3,5,8-10,12H,1-2,4,6-7H2/t12-/m0/s1. The van der Waals surface area contributed by atoms with E-state index in [0.717, 1.165) is 13.1 Å². The van der Waals surface area contributed by atoms with Gasteiger partial charge in [-0.05, 0) is 19.4 Å². The van der Waals surface area contributed by atoms with Crippen LogP contribution in [0.4, 0.5) is 0 Å². The molecule has 0 aliphatic carbocycles. The third-order valence-corrected chi connectivity index (χ3v) is 3.96. The molecule has 5 heteroatoms. The minimum Gasteiger partial charge on any atom is -0.336 e. The van der Waals surface area contributed by atoms with Crippen LogP contribution in [0.3, 0.4) is 0 Å². The van der Waals surface area contributed by atoms with Crippen molar-refractivity contribution >= 4 is 11.3 Å². The Balaban J connectivity index is 1.63. The molecule has 0 unspecified atom stereocenters. The summed E-state index contributed by atoms with van der Waals surface area (Å²) >= 11 is 1.68. The molecule has 0 spiro atoms. The lowest BCUT2D eigenvalue weighted by molar-refractivity contribution is 0.222. The Kier molecular flexibility index (Phi) is 3.20. The van der Waals surface area contributed by atoms with Crippen molar-refractivity contribution in [1.29, 1.82) is 0 Å². The van der Waals surface area contributed by atoms with Crippen LogP contribution in [0, 0.1) is 0 Å². The van der Waals surface area contributed by atoms with Gasteiger partial charge in [0.15, 0.2) is 0 Å². The second-order valence-electron chi connectivity index (χ2n) is 4.51. The van der Waals surface area contributed by atoms with E-state index < -0.39 is 0 Å². The van der Waals surface area contributed by atoms with Gasteiger partial charge in [0.1, 0.15) is 0 Å². The average molecular weight is 248 g/mol. The Morgan fingerprint density at radius 3 is 3.24 bits per heavy atom. The largest absolute Gasteiger partial charge is 0.336 e. The van der Waals surface area contributed by atoms with Gasteiger partial charge in [0.2, 0.25) is 0 Å². The smallest absolute Gasteiger partial charge is 0.0946 e. The van der Waals surface area contributed by atoms with Gasteiger partial charge in [0.25, 0.3) is 0 Å². The van der Waals surface area contributed by atoms with Crippen molar-refractivity contribution in [1.82, 2.24) is 19.4 Å². The number of thiazole rings is 1. The van der Waals surface area contributed by atoms with Gasteiger partial charge < -0.3 is 4.57 Å². The predicted molar refractivity (Wildman–Crippen MR) is 67.8 cm³/mol. The van der Waals surface area contributed by atoms with Crippen molar-refractivity contribution < 1.29 is 0 Å². The summed E-state index contributed by atoms with van der Waals surface area (Å²) in [5, 5.41) is 2.15. The molecule has 3 rings (SSSR count). The summed E-state index contributed by atoms with van der Waals surface area (Å²) in [5.74, 6) is 0. The summed E-state index contributed by atoms with van der Waals surface area (Å²) in [6, 6.07) is 0.630. The first-order valence-corrected chi connectivity index (χ1v) is 6.93. The molecule has 4 nitrogen and oxygen atoms in total. The Morgan fingerprint density at radius 2 is 2.47 bits per heavy atom. The fourth-order valence-corrected chi connectivity index (χ4v) is 3.02. The van der Waals surface area contributed by atoms with Crippen LogP contribution >= 0.6 is 11.3 Å². The molecule has 17 heavy (non-hydrogen) atoms. The highest BCUT2D eigenvalue weighted by atomic mass is 32.1. The van der Waals surface area contributed by atoms with Crippen molar-refractivity contribution in [3.8, 4) is 0 Å². The molecule has 0 amide bonds. The first kappa shape index (κ1) is 10.9. The minimum atomic E-state index is 0.630. The van der Waals surface area contributed by atoms with Gasteiger partial charge >= 0.3 is 0 Å². The van der Waals surface area contributed by atoms with Crippen LogP contribution in [0.2, 0.25) is 0 Å². The Morgan fingerprint density at radius 1 is 1.47 bits per heavy atom. The van der Waals surface area contributed by atoms with Gasteiger partial charge in [-0.3, -0.25) is 4.90 Å². The predicted octanol–water partition coefficient (Wildman–Crippen LogP) is 2.00. The molecule has 2 aromatic heterocycles. The van der Waals surface area contributed by atoms with Crippen LogP contribution in [0.15, 0.2) is 29.6 Å². The highest BCUT2D eigenvalue weighted by molar-refractivity contribution is 7.07. The van der Waals surface area contributed by atoms with E-state index in [1.54, 1.807) is 11.3 Å². The van der Waals surface area contributed by atoms with Crippen molar-refractivity contribution in [2.75, 3.05) is 6.54 Å². The summed E-state index contributed by atoms with van der Waals surface area (Å²) < 4.78 is 2.17. The molecule has 0 saturated carbocycles. The lowest BCUT2D eigenvalue weighted by Gasteiger charge is -2.23. The lowest BCUT2D eigenvalue weighted by Crippen LogP contribution is -2.32. The topological polar surface area (TPSA) is 34.0 Å². The number of hydrogen-bond acceptors (Lipinski definition) is 4. The maximum Gasteiger partial charge on any atom is 0.0946 e. The van der Waals surface area contributed by atoms with Gasteiger partial charge in [0.05, 0.1) is 17.5 Å². The van der Waals surface area contributed by atoms with Gasteiger partial charge in [-0.1, -0.05) is 0 Å². The van der Waals surface area contributed by atoms with Crippen molar-refractivity contribution in [3.05, 3.63) is 35.3 Å². The zero-order chi connectivity index (χ0) is 11.5. The maximum atomic E-state index is 4.37. The van der Waals surface area contributed by atoms with Gasteiger partial charge in [-0.2, -0.15) is 0 Å². The molecule has 1 aliphatic rings. The lowest BCUT2D eigenvalue weighted by atomic mass is 10.2. The first-order valence-electron chi connectivity index (χ1n) is 5.98. The number of rotatable bonds is 4. The quantitative estimate of drug-likeness (QED) is 0.830. The van der Waals surface area contributed by atoms with E-state index in [1.165, 1.54) is 25.1 Å². The molecule has 1 saturated heterocycles. The maximum absolute atomic E-state index is 4.37. The Hall–Kier alpha value is -1.20. The van der Waals surface area contributed by atoms with Crippen LogP contribution in [0.25, 0.3) is 0 Å². The number of aromatic nitrogens is 3. The second kappa shape index (κ2) is 4.98. The van der Waals surface area contributed by atoms with Gasteiger partial charge in [0, 0.05) is 36.9 Å². The normalized spacial score (nSPS) is 21.1. The summed E-state index contributed by atoms with van der Waals surface area (Å²) in [4.78, 5) is 11.0. The number of hydrogen-bond donors (Lipinski definition) is 0. The second-order valence-corrected chi connectivity index (χ2v) is 5.22. The number of imidazole rings is 1. The van der Waals surface area contributed by atoms with E-state index in [-0.39, 0.29) is 0 Å². The summed E-state index contributed by atoms with van der Waals surface area (Å²) in [6.45, 7) is 3.23. The fourth-order valence-electron chi connectivity index (χ4n) is 2.47. The number of nitrogens with zero attached hydrogens (tertiary/aromatic N) is 4. The van der Waals surface area contributed by atoms with Gasteiger partial charge in [-0.15, -0.1) is 11.3 Å². The van der Waals surface area contributed by atoms with E-state index in [4.69, 9.17) is 0 Å². The van der Waals surface area contributed by atoms with E-state index >= 15 is 0 Å². The monoisotopic (exact) mass is 248 g/mol. The molecule has 0 aromatic carbocycles. The van der Waals surface area contributed by atoms with Crippen LogP contribution in [0.5, 0.6) is 0 Å². The molecule has 0 N–H and O–H groups in total. The number of likely N-dealkylation sites (tertiary alicyclic amines) is 1. The van der Waals surface area contributed by atoms with Crippen LogP contribution in [-0.2, 0) is 13.1 Å². The summed E-state index contributed by atoms with van der Waals surface area (Å²) in [6.07, 6.45) is 8.37. The highest BCUT2D eigenvalue weighted by Gasteiger charge is 2.24. The van der Waals surface area contributed by atoms with E-state index in [2.05, 4.69) is 24.8 Å². The fraction of sp³-hybridized carbons (Fsp3) is 0.500. The van der Waals surface area contributed by atoms with Crippen LogP contribution < -0.4 is 0 Å². The molecule has 0 radical (unpaired) electrons. The zero-order valence-corrected chi connectivity index (χ0v) is 10.5. The Bertz CT molecular complexity index is 395. The summed E-state index contributed by atoms with van der Waals surface area (Å²) in [7, 11) is 0. The average Bonchev–Trinajstić information content (AvgIpc) is 3.04. The van der Waals surface area contributed by atoms with Crippen molar-refractivity contribution in [2.45, 2.75) is 32.0 Å². The molecular formula is C12H16N4S. The molecule has 0 bridgehead atoms. The molecule has 90 valence electrons. The third-order valence-electron chi connectivity index (χ3n) is 3.33. The molecule has 1 atom stereocenters. The van der Waals surface area contributed by atoms with E-state index in [0.29, 0.717) is 6.04 Å². The molecule has 1 fully saturated rings. The zero-order valence-electron chi connectivity index (χ0n) is 9.70. The SMILES string of the molecule is c1cn(C[C@@H]2CCCN2Cc2cscn2)cn1. The molecule has 2 aromatic rings. The summed E-state index contributed by atoms with van der Waals surface area (Å²) in [5.41, 5.74) is 3.11. The van der Waals surface area contributed by atoms with Crippen molar-refractivity contribution in [2.24, 2.45) is 0 Å². The van der Waals surface area contributed by atoms with Crippen LogP contribution in [-0.4, -0.2) is 32.0 Å². The van der Waals surface area contributed by atoms with Crippen molar-refractivity contribution in [3.63, 3.8) is 0 Å². The molecule has 3 heterocycles. The van der Waals surface area contributed by atoms with Gasteiger partial charge in [-0.25, -0.2) is 9.97 Å². The Labute approximate surface area is 105 Å². The third kappa shape index (κ3) is 2.56. The minimum absolute atomic E-state index is 0.630. The molecule has 1 aliphatic heterocycles. The van der Waals surface area contributed by atoms with E-state index in [1.807, 2.05) is 24.2 Å².